The summed E-state index contributed by atoms with van der Waals surface area (Å²) in [5.41, 5.74) is 0.225. The van der Waals surface area contributed by atoms with Crippen molar-refractivity contribution in [2.45, 2.75) is 24.7 Å². The minimum Gasteiger partial charge on any atom is -0.492 e. The molecule has 0 spiro atoms. The summed E-state index contributed by atoms with van der Waals surface area (Å²) in [5, 5.41) is 8.74. The van der Waals surface area contributed by atoms with Gasteiger partial charge in [-0.05, 0) is 24.6 Å². The quantitative estimate of drug-likeness (QED) is 0.599. The molecule has 82 valence electrons. The van der Waals surface area contributed by atoms with Crippen molar-refractivity contribution in [1.29, 1.82) is 0 Å². The maximum absolute atomic E-state index is 10.7. The summed E-state index contributed by atoms with van der Waals surface area (Å²) < 4.78 is 5.44. The first kappa shape index (κ1) is 11.9. The fourth-order valence-corrected chi connectivity index (χ4v) is 1.38. The van der Waals surface area contributed by atoms with E-state index in [1.54, 1.807) is 6.07 Å². The van der Waals surface area contributed by atoms with Crippen LogP contribution < -0.4 is 4.74 Å². The number of aromatic carboxylic acids is 1. The second-order valence-corrected chi connectivity index (χ2v) is 3.67. The lowest BCUT2D eigenvalue weighted by Crippen LogP contribution is -2.00. The predicted octanol–water partition coefficient (Wildman–Crippen LogP) is 2.85. The summed E-state index contributed by atoms with van der Waals surface area (Å²) in [4.78, 5) is 11.2. The zero-order chi connectivity index (χ0) is 11.3. The van der Waals surface area contributed by atoms with Crippen LogP contribution in [-0.2, 0) is 0 Å². The molecule has 0 aromatic heterocycles. The van der Waals surface area contributed by atoms with E-state index in [1.165, 1.54) is 12.1 Å². The van der Waals surface area contributed by atoms with E-state index in [0.29, 0.717) is 17.3 Å². The maximum Gasteiger partial charge on any atom is 0.335 e. The number of ether oxygens (including phenoxy) is 1. The fourth-order valence-electron chi connectivity index (χ4n) is 1.10. The van der Waals surface area contributed by atoms with Crippen LogP contribution in [-0.4, -0.2) is 17.7 Å². The third kappa shape index (κ3) is 3.47. The number of hydrogen-bond donors (Lipinski definition) is 2. The summed E-state index contributed by atoms with van der Waals surface area (Å²) in [6, 6.07) is 4.65. The third-order valence-corrected chi connectivity index (χ3v) is 2.31. The molecule has 0 fully saturated rings. The Morgan fingerprint density at radius 3 is 2.80 bits per heavy atom. The first-order valence-electron chi connectivity index (χ1n) is 4.84. The van der Waals surface area contributed by atoms with Gasteiger partial charge >= 0.3 is 5.97 Å². The van der Waals surface area contributed by atoms with Crippen molar-refractivity contribution in [3.05, 3.63) is 23.8 Å². The topological polar surface area (TPSA) is 46.5 Å². The van der Waals surface area contributed by atoms with Crippen molar-refractivity contribution < 1.29 is 14.6 Å². The molecule has 0 saturated carbocycles. The number of carboxylic acids is 1. The molecule has 0 aliphatic heterocycles. The van der Waals surface area contributed by atoms with Crippen LogP contribution in [0.4, 0.5) is 0 Å². The van der Waals surface area contributed by atoms with Crippen molar-refractivity contribution in [1.82, 2.24) is 0 Å². The molecule has 0 heterocycles. The Morgan fingerprint density at radius 2 is 2.27 bits per heavy atom. The van der Waals surface area contributed by atoms with E-state index in [0.717, 1.165) is 12.8 Å². The second kappa shape index (κ2) is 5.66. The number of benzene rings is 1. The zero-order valence-corrected chi connectivity index (χ0v) is 9.46. The Kier molecular flexibility index (Phi) is 4.49. The van der Waals surface area contributed by atoms with Gasteiger partial charge in [-0.1, -0.05) is 13.3 Å². The van der Waals surface area contributed by atoms with Gasteiger partial charge in [-0.2, -0.15) is 0 Å². The average Bonchev–Trinajstić information content (AvgIpc) is 2.20. The van der Waals surface area contributed by atoms with Crippen LogP contribution in [0, 0.1) is 0 Å². The van der Waals surface area contributed by atoms with E-state index in [2.05, 4.69) is 19.6 Å². The van der Waals surface area contributed by atoms with Crippen molar-refractivity contribution in [3.8, 4) is 5.75 Å². The minimum atomic E-state index is -0.953. The lowest BCUT2D eigenvalue weighted by molar-refractivity contribution is 0.0696. The van der Waals surface area contributed by atoms with E-state index in [4.69, 9.17) is 9.84 Å². The summed E-state index contributed by atoms with van der Waals surface area (Å²) >= 11 is 4.18. The van der Waals surface area contributed by atoms with Crippen molar-refractivity contribution in [3.63, 3.8) is 0 Å². The van der Waals surface area contributed by atoms with Crippen molar-refractivity contribution in [2.24, 2.45) is 0 Å². The lowest BCUT2D eigenvalue weighted by atomic mass is 10.2. The van der Waals surface area contributed by atoms with Gasteiger partial charge in [-0.15, -0.1) is 12.6 Å². The Balaban J connectivity index is 2.70. The minimum absolute atomic E-state index is 0.225. The number of unbranched alkanes of at least 4 members (excludes halogenated alkanes) is 1. The number of hydrogen-bond acceptors (Lipinski definition) is 3. The smallest absolute Gasteiger partial charge is 0.335 e. The molecule has 1 N–H and O–H groups in total. The zero-order valence-electron chi connectivity index (χ0n) is 8.56. The molecule has 0 amide bonds. The molecule has 0 unspecified atom stereocenters. The van der Waals surface area contributed by atoms with Crippen LogP contribution in [0.2, 0.25) is 0 Å². The Labute approximate surface area is 94.5 Å². The fraction of sp³-hybridized carbons (Fsp3) is 0.364. The number of rotatable bonds is 5. The third-order valence-electron chi connectivity index (χ3n) is 1.96. The summed E-state index contributed by atoms with van der Waals surface area (Å²) in [6.07, 6.45) is 2.04. The average molecular weight is 226 g/mol. The summed E-state index contributed by atoms with van der Waals surface area (Å²) in [7, 11) is 0. The molecule has 1 rings (SSSR count). The highest BCUT2D eigenvalue weighted by molar-refractivity contribution is 7.80. The lowest BCUT2D eigenvalue weighted by Gasteiger charge is -2.08. The standard InChI is InChI=1S/C11H14O3S/c1-2-3-6-14-9-5-4-8(11(12)13)7-10(9)15/h4-5,7,15H,2-3,6H2,1H3,(H,12,13). The number of carbonyl (C=O) groups is 1. The first-order chi connectivity index (χ1) is 7.15. The molecule has 1 aromatic rings. The molecule has 15 heavy (non-hydrogen) atoms. The molecule has 4 heteroatoms. The van der Waals surface area contributed by atoms with E-state index in [-0.39, 0.29) is 5.56 Å². The van der Waals surface area contributed by atoms with Gasteiger partial charge in [0.2, 0.25) is 0 Å². The van der Waals surface area contributed by atoms with E-state index in [9.17, 15) is 4.79 Å². The number of carboxylic acid groups (broad SMARTS) is 1. The molecule has 0 saturated heterocycles. The van der Waals surface area contributed by atoms with Gasteiger partial charge in [0.25, 0.3) is 0 Å². The van der Waals surface area contributed by atoms with Crippen LogP contribution in [0.5, 0.6) is 5.75 Å². The summed E-state index contributed by atoms with van der Waals surface area (Å²) in [5.74, 6) is -0.317. The Morgan fingerprint density at radius 1 is 1.53 bits per heavy atom. The molecule has 0 aliphatic carbocycles. The van der Waals surface area contributed by atoms with Gasteiger partial charge in [0.05, 0.1) is 12.2 Å². The van der Waals surface area contributed by atoms with Crippen molar-refractivity contribution >= 4 is 18.6 Å². The normalized spacial score (nSPS) is 10.0. The Bertz CT molecular complexity index is 350. The van der Waals surface area contributed by atoms with E-state index < -0.39 is 5.97 Å². The second-order valence-electron chi connectivity index (χ2n) is 3.19. The molecular weight excluding hydrogens is 212 g/mol. The van der Waals surface area contributed by atoms with Gasteiger partial charge in [-0.25, -0.2) is 4.79 Å². The van der Waals surface area contributed by atoms with Crippen molar-refractivity contribution in [2.75, 3.05) is 6.61 Å². The molecular formula is C11H14O3S. The van der Waals surface area contributed by atoms with Crippen LogP contribution in [0.3, 0.4) is 0 Å². The van der Waals surface area contributed by atoms with E-state index >= 15 is 0 Å². The summed E-state index contributed by atoms with van der Waals surface area (Å²) in [6.45, 7) is 2.72. The highest BCUT2D eigenvalue weighted by Gasteiger charge is 2.06. The van der Waals surface area contributed by atoms with Crippen LogP contribution in [0.1, 0.15) is 30.1 Å². The largest absolute Gasteiger partial charge is 0.492 e. The molecule has 0 bridgehead atoms. The van der Waals surface area contributed by atoms with Gasteiger partial charge in [0, 0.05) is 4.90 Å². The van der Waals surface area contributed by atoms with Crippen LogP contribution >= 0.6 is 12.6 Å². The monoisotopic (exact) mass is 226 g/mol. The van der Waals surface area contributed by atoms with Gasteiger partial charge < -0.3 is 9.84 Å². The molecule has 1 aromatic carbocycles. The predicted molar refractivity (Wildman–Crippen MR) is 61.1 cm³/mol. The van der Waals surface area contributed by atoms with Gasteiger partial charge in [0.1, 0.15) is 5.75 Å². The Hall–Kier alpha value is -1.16. The molecule has 3 nitrogen and oxygen atoms in total. The molecule has 0 aliphatic rings. The number of thiol groups is 1. The SMILES string of the molecule is CCCCOc1ccc(C(=O)O)cc1S. The van der Waals surface area contributed by atoms with Crippen LogP contribution in [0.25, 0.3) is 0 Å². The maximum atomic E-state index is 10.7. The highest BCUT2D eigenvalue weighted by atomic mass is 32.1. The van der Waals surface area contributed by atoms with Gasteiger partial charge in [0.15, 0.2) is 0 Å². The van der Waals surface area contributed by atoms with E-state index in [1.807, 2.05) is 0 Å². The molecule has 0 atom stereocenters. The molecule has 0 radical (unpaired) electrons. The highest BCUT2D eigenvalue weighted by Crippen LogP contribution is 2.23. The van der Waals surface area contributed by atoms with Crippen LogP contribution in [0.15, 0.2) is 23.1 Å². The first-order valence-corrected chi connectivity index (χ1v) is 5.29. The van der Waals surface area contributed by atoms with Gasteiger partial charge in [-0.3, -0.25) is 0 Å².